The van der Waals surface area contributed by atoms with E-state index in [2.05, 4.69) is 15.8 Å². The minimum Gasteiger partial charge on any atom is -0.409 e. The molecule has 0 aromatic heterocycles. The number of benzene rings is 1. The average molecular weight is 304 g/mol. The summed E-state index contributed by atoms with van der Waals surface area (Å²) in [6, 6.07) is 3.39. The fourth-order valence-electron chi connectivity index (χ4n) is 1.41. The number of rotatable bonds is 3. The largest absolute Gasteiger partial charge is 0.416 e. The number of hydrogen-bond acceptors (Lipinski definition) is 3. The van der Waals surface area contributed by atoms with Gasteiger partial charge in [0.05, 0.1) is 11.1 Å². The van der Waals surface area contributed by atoms with Crippen molar-refractivity contribution in [1.29, 1.82) is 0 Å². The molecule has 0 unspecified atom stereocenters. The lowest BCUT2D eigenvalue weighted by Gasteiger charge is -2.24. The van der Waals surface area contributed by atoms with Crippen LogP contribution in [0.3, 0.4) is 0 Å². The van der Waals surface area contributed by atoms with E-state index < -0.39 is 23.3 Å². The maximum absolute atomic E-state index is 12.5. The van der Waals surface area contributed by atoms with Crippen molar-refractivity contribution in [1.82, 2.24) is 5.32 Å². The van der Waals surface area contributed by atoms with Gasteiger partial charge in [-0.1, -0.05) is 11.2 Å². The fraction of sp³-hybridized carbons (Fsp3) is 0.333. The molecule has 0 aliphatic heterocycles. The summed E-state index contributed by atoms with van der Waals surface area (Å²) in [5.41, 5.74) is 3.31. The Morgan fingerprint density at radius 1 is 1.33 bits per heavy atom. The minimum atomic E-state index is -4.50. The zero-order valence-electron chi connectivity index (χ0n) is 11.3. The molecular weight excluding hydrogens is 289 g/mol. The number of carbonyl (C=O) groups is 1. The van der Waals surface area contributed by atoms with E-state index in [0.717, 1.165) is 12.1 Å². The Bertz CT molecular complexity index is 556. The van der Waals surface area contributed by atoms with Gasteiger partial charge < -0.3 is 21.6 Å². The lowest BCUT2D eigenvalue weighted by molar-refractivity contribution is -0.137. The summed E-state index contributed by atoms with van der Waals surface area (Å²) in [5, 5.41) is 15.9. The summed E-state index contributed by atoms with van der Waals surface area (Å²) in [6.45, 7) is 2.93. The number of nitrogens with zero attached hydrogens (tertiary/aromatic N) is 1. The van der Waals surface area contributed by atoms with Gasteiger partial charge in [0.2, 0.25) is 0 Å². The zero-order chi connectivity index (χ0) is 16.3. The number of alkyl halides is 3. The number of anilines is 1. The molecule has 9 heteroatoms. The molecule has 0 aliphatic rings. The molecule has 1 aromatic rings. The lowest BCUT2D eigenvalue weighted by atomic mass is 10.1. The van der Waals surface area contributed by atoms with Gasteiger partial charge >= 0.3 is 12.2 Å². The number of nitrogens with one attached hydrogen (secondary N) is 2. The highest BCUT2D eigenvalue weighted by atomic mass is 19.4. The second kappa shape index (κ2) is 5.90. The van der Waals surface area contributed by atoms with Crippen molar-refractivity contribution in [3.8, 4) is 0 Å². The number of amides is 2. The van der Waals surface area contributed by atoms with Gasteiger partial charge in [0.1, 0.15) is 0 Å². The first kappa shape index (κ1) is 16.6. The molecule has 6 nitrogen and oxygen atoms in total. The Morgan fingerprint density at radius 2 is 1.95 bits per heavy atom. The SMILES string of the molecule is CC(C)(NC(=O)Nc1cccc(C(F)(F)F)c1)/C(N)=N/O. The first-order chi connectivity index (χ1) is 9.56. The van der Waals surface area contributed by atoms with E-state index in [1.54, 1.807) is 0 Å². The van der Waals surface area contributed by atoms with Crippen LogP contribution < -0.4 is 16.4 Å². The minimum absolute atomic E-state index is 0.0300. The molecular formula is C12H15F3N4O2. The summed E-state index contributed by atoms with van der Waals surface area (Å²) in [5.74, 6) is -0.248. The number of oxime groups is 1. The summed E-state index contributed by atoms with van der Waals surface area (Å²) >= 11 is 0. The Labute approximate surface area is 118 Å². The number of hydrogen-bond donors (Lipinski definition) is 4. The second-order valence-electron chi connectivity index (χ2n) is 4.77. The van der Waals surface area contributed by atoms with Crippen LogP contribution in [0.25, 0.3) is 0 Å². The third kappa shape index (κ3) is 4.55. The van der Waals surface area contributed by atoms with E-state index in [0.29, 0.717) is 0 Å². The molecule has 5 N–H and O–H groups in total. The van der Waals surface area contributed by atoms with Crippen LogP contribution >= 0.6 is 0 Å². The Hall–Kier alpha value is -2.45. The van der Waals surface area contributed by atoms with Gasteiger partial charge in [0, 0.05) is 5.69 Å². The molecule has 0 saturated heterocycles. The van der Waals surface area contributed by atoms with Crippen LogP contribution in [0.1, 0.15) is 19.4 Å². The number of halogens is 3. The Balaban J connectivity index is 2.81. The van der Waals surface area contributed by atoms with Gasteiger partial charge in [-0.25, -0.2) is 4.79 Å². The van der Waals surface area contributed by atoms with Crippen molar-refractivity contribution in [3.63, 3.8) is 0 Å². The van der Waals surface area contributed by atoms with Gasteiger partial charge in [-0.3, -0.25) is 0 Å². The molecule has 0 aliphatic carbocycles. The van der Waals surface area contributed by atoms with Gasteiger partial charge in [-0.2, -0.15) is 13.2 Å². The topological polar surface area (TPSA) is 99.7 Å². The molecule has 2 amide bonds. The van der Waals surface area contributed by atoms with Crippen LogP contribution in [0.15, 0.2) is 29.4 Å². The Morgan fingerprint density at radius 3 is 2.48 bits per heavy atom. The molecule has 1 rings (SSSR count). The molecule has 116 valence electrons. The summed E-state index contributed by atoms with van der Waals surface area (Å²) in [4.78, 5) is 11.7. The third-order valence-electron chi connectivity index (χ3n) is 2.62. The molecule has 0 saturated carbocycles. The standard InChI is InChI=1S/C12H15F3N4O2/c1-11(2,9(16)19-21)18-10(20)17-8-5-3-4-7(6-8)12(13,14)15/h3-6,21H,1-2H3,(H2,16,19)(H2,17,18,20). The second-order valence-corrected chi connectivity index (χ2v) is 4.77. The molecule has 0 atom stereocenters. The number of nitrogens with two attached hydrogens (primary N) is 1. The summed E-state index contributed by atoms with van der Waals surface area (Å²) in [6.07, 6.45) is -4.50. The van der Waals surface area contributed by atoms with Gasteiger partial charge in [0.25, 0.3) is 0 Å². The van der Waals surface area contributed by atoms with Gasteiger partial charge in [-0.05, 0) is 32.0 Å². The highest BCUT2D eigenvalue weighted by Crippen LogP contribution is 2.30. The summed E-state index contributed by atoms with van der Waals surface area (Å²) < 4.78 is 37.6. The lowest BCUT2D eigenvalue weighted by Crippen LogP contribution is -2.54. The van der Waals surface area contributed by atoms with E-state index in [1.165, 1.54) is 26.0 Å². The molecule has 0 fully saturated rings. The van der Waals surface area contributed by atoms with Crippen molar-refractivity contribution in [2.45, 2.75) is 25.6 Å². The highest BCUT2D eigenvalue weighted by molar-refractivity contribution is 5.96. The molecule has 0 spiro atoms. The van der Waals surface area contributed by atoms with E-state index >= 15 is 0 Å². The van der Waals surface area contributed by atoms with Crippen LogP contribution in [0.5, 0.6) is 0 Å². The normalized spacial score (nSPS) is 12.9. The molecule has 0 bridgehead atoms. The predicted octanol–water partition coefficient (Wildman–Crippen LogP) is 2.35. The van der Waals surface area contributed by atoms with E-state index in [9.17, 15) is 18.0 Å². The van der Waals surface area contributed by atoms with Crippen molar-refractivity contribution in [2.75, 3.05) is 5.32 Å². The molecule has 0 heterocycles. The van der Waals surface area contributed by atoms with Crippen molar-refractivity contribution in [3.05, 3.63) is 29.8 Å². The van der Waals surface area contributed by atoms with Crippen LogP contribution in [-0.2, 0) is 6.18 Å². The number of amidine groups is 1. The fourth-order valence-corrected chi connectivity index (χ4v) is 1.41. The maximum Gasteiger partial charge on any atom is 0.416 e. The van der Waals surface area contributed by atoms with Crippen LogP contribution in [0.2, 0.25) is 0 Å². The third-order valence-corrected chi connectivity index (χ3v) is 2.62. The molecule has 1 aromatic carbocycles. The monoisotopic (exact) mass is 304 g/mol. The predicted molar refractivity (Wildman–Crippen MR) is 71.1 cm³/mol. The van der Waals surface area contributed by atoms with Crippen LogP contribution in [0, 0.1) is 0 Å². The van der Waals surface area contributed by atoms with Crippen molar-refractivity contribution < 1.29 is 23.2 Å². The van der Waals surface area contributed by atoms with Crippen LogP contribution in [0.4, 0.5) is 23.7 Å². The maximum atomic E-state index is 12.5. The first-order valence-corrected chi connectivity index (χ1v) is 5.80. The van der Waals surface area contributed by atoms with Gasteiger partial charge in [-0.15, -0.1) is 0 Å². The average Bonchev–Trinajstić information content (AvgIpc) is 2.36. The van der Waals surface area contributed by atoms with E-state index in [-0.39, 0.29) is 11.5 Å². The quantitative estimate of drug-likeness (QED) is 0.298. The van der Waals surface area contributed by atoms with Crippen molar-refractivity contribution >= 4 is 17.6 Å². The van der Waals surface area contributed by atoms with E-state index in [1.807, 2.05) is 0 Å². The number of carbonyl (C=O) groups excluding carboxylic acids is 1. The smallest absolute Gasteiger partial charge is 0.409 e. The van der Waals surface area contributed by atoms with E-state index in [4.69, 9.17) is 10.9 Å². The molecule has 21 heavy (non-hydrogen) atoms. The van der Waals surface area contributed by atoms with Crippen LogP contribution in [-0.4, -0.2) is 22.6 Å². The van der Waals surface area contributed by atoms with Crippen molar-refractivity contribution in [2.24, 2.45) is 10.9 Å². The highest BCUT2D eigenvalue weighted by Gasteiger charge is 2.31. The summed E-state index contributed by atoms with van der Waals surface area (Å²) in [7, 11) is 0. The zero-order valence-corrected chi connectivity index (χ0v) is 11.3. The molecule has 0 radical (unpaired) electrons. The van der Waals surface area contributed by atoms with Gasteiger partial charge in [0.15, 0.2) is 5.84 Å². The first-order valence-electron chi connectivity index (χ1n) is 5.80. The number of urea groups is 1. The Kier molecular flexibility index (Phi) is 4.66.